The van der Waals surface area contributed by atoms with Crippen molar-refractivity contribution in [1.29, 1.82) is 0 Å². The molecule has 6 heteroatoms. The van der Waals surface area contributed by atoms with Crippen molar-refractivity contribution in [2.75, 3.05) is 26.3 Å². The number of carbonyl (C=O) groups excluding carboxylic acids is 2. The predicted octanol–water partition coefficient (Wildman–Crippen LogP) is 1.97. The fraction of sp³-hybridized carbons (Fsp3) is 0.857. The molecule has 6 nitrogen and oxygen atoms in total. The third-order valence-corrected chi connectivity index (χ3v) is 2.92. The van der Waals surface area contributed by atoms with Crippen molar-refractivity contribution >= 4 is 12.6 Å². The van der Waals surface area contributed by atoms with Crippen molar-refractivity contribution in [3.05, 3.63) is 0 Å². The van der Waals surface area contributed by atoms with Gasteiger partial charge in [0.1, 0.15) is 5.60 Å². The molecule has 1 fully saturated rings. The van der Waals surface area contributed by atoms with E-state index in [1.54, 1.807) is 4.90 Å². The fourth-order valence-electron chi connectivity index (χ4n) is 1.97. The highest BCUT2D eigenvalue weighted by Crippen LogP contribution is 2.17. The zero-order valence-electron chi connectivity index (χ0n) is 12.6. The normalized spacial score (nSPS) is 16.9. The third-order valence-electron chi connectivity index (χ3n) is 2.92. The quantitative estimate of drug-likeness (QED) is 0.552. The molecule has 1 amide bonds. The number of nitrogens with zero attached hydrogens (tertiary/aromatic N) is 1. The van der Waals surface area contributed by atoms with Crippen molar-refractivity contribution in [2.24, 2.45) is 0 Å². The Labute approximate surface area is 120 Å². The van der Waals surface area contributed by atoms with Crippen molar-refractivity contribution in [3.63, 3.8) is 0 Å². The van der Waals surface area contributed by atoms with Crippen LogP contribution in [0.1, 0.15) is 40.0 Å². The van der Waals surface area contributed by atoms with Gasteiger partial charge in [-0.05, 0) is 33.6 Å². The van der Waals surface area contributed by atoms with Gasteiger partial charge in [0, 0.05) is 19.5 Å². The topological polar surface area (TPSA) is 65.1 Å². The number of likely N-dealkylation sites (tertiary alicyclic amines) is 1. The molecule has 0 saturated carbocycles. The standard InChI is InChI=1S/C14H25NO5/c1-14(2,3)20-13(17)15-7-5-12(6-8-15)19-10-4-9-18-11-16/h11-12H,4-10H2,1-3H3. The first-order chi connectivity index (χ1) is 9.42. The van der Waals surface area contributed by atoms with Gasteiger partial charge in [-0.25, -0.2) is 4.79 Å². The fourth-order valence-corrected chi connectivity index (χ4v) is 1.97. The van der Waals surface area contributed by atoms with Gasteiger partial charge in [0.25, 0.3) is 6.47 Å². The molecule has 0 aromatic rings. The summed E-state index contributed by atoms with van der Waals surface area (Å²) in [6, 6.07) is 0. The highest BCUT2D eigenvalue weighted by Gasteiger charge is 2.26. The minimum absolute atomic E-state index is 0.171. The SMILES string of the molecule is CC(C)(C)OC(=O)N1CCC(OCCCOC=O)CC1. The van der Waals surface area contributed by atoms with Crippen LogP contribution in [0.3, 0.4) is 0 Å². The molecule has 0 atom stereocenters. The van der Waals surface area contributed by atoms with Crippen LogP contribution in [0.15, 0.2) is 0 Å². The molecule has 1 rings (SSSR count). The maximum atomic E-state index is 11.9. The second-order valence-electron chi connectivity index (χ2n) is 5.86. The van der Waals surface area contributed by atoms with Gasteiger partial charge in [-0.3, -0.25) is 4.79 Å². The molecule has 0 radical (unpaired) electrons. The summed E-state index contributed by atoms with van der Waals surface area (Å²) in [7, 11) is 0. The molecule has 0 aliphatic carbocycles. The third kappa shape index (κ3) is 6.75. The van der Waals surface area contributed by atoms with Gasteiger partial charge in [0.05, 0.1) is 19.3 Å². The lowest BCUT2D eigenvalue weighted by Gasteiger charge is -2.33. The Morgan fingerprint density at radius 3 is 2.45 bits per heavy atom. The number of hydrogen-bond donors (Lipinski definition) is 0. The lowest BCUT2D eigenvalue weighted by atomic mass is 10.1. The molecule has 1 heterocycles. The minimum atomic E-state index is -0.455. The number of amides is 1. The monoisotopic (exact) mass is 287 g/mol. The Bertz CT molecular complexity index is 305. The molecule has 0 aromatic carbocycles. The van der Waals surface area contributed by atoms with Gasteiger partial charge in [0.2, 0.25) is 0 Å². The average Bonchev–Trinajstić information content (AvgIpc) is 2.37. The van der Waals surface area contributed by atoms with Gasteiger partial charge in [-0.15, -0.1) is 0 Å². The first-order valence-electron chi connectivity index (χ1n) is 7.07. The average molecular weight is 287 g/mol. The van der Waals surface area contributed by atoms with Gasteiger partial charge >= 0.3 is 6.09 Å². The van der Waals surface area contributed by atoms with Crippen molar-refractivity contribution in [3.8, 4) is 0 Å². The zero-order chi connectivity index (χ0) is 15.0. The van der Waals surface area contributed by atoms with Crippen LogP contribution in [0.25, 0.3) is 0 Å². The van der Waals surface area contributed by atoms with Crippen LogP contribution in [0.4, 0.5) is 4.79 Å². The number of piperidine rings is 1. The van der Waals surface area contributed by atoms with E-state index in [1.807, 2.05) is 20.8 Å². The summed E-state index contributed by atoms with van der Waals surface area (Å²) in [5, 5.41) is 0. The smallest absolute Gasteiger partial charge is 0.410 e. The lowest BCUT2D eigenvalue weighted by molar-refractivity contribution is -0.129. The van der Waals surface area contributed by atoms with Crippen LogP contribution in [0.5, 0.6) is 0 Å². The summed E-state index contributed by atoms with van der Waals surface area (Å²) in [6.07, 6.45) is 2.24. The Morgan fingerprint density at radius 2 is 1.90 bits per heavy atom. The zero-order valence-corrected chi connectivity index (χ0v) is 12.6. The molecule has 20 heavy (non-hydrogen) atoms. The van der Waals surface area contributed by atoms with E-state index in [1.165, 1.54) is 0 Å². The van der Waals surface area contributed by atoms with Crippen LogP contribution in [0.2, 0.25) is 0 Å². The van der Waals surface area contributed by atoms with E-state index in [2.05, 4.69) is 4.74 Å². The molecule has 0 spiro atoms. The second kappa shape index (κ2) is 8.09. The first-order valence-corrected chi connectivity index (χ1v) is 7.07. The Hall–Kier alpha value is -1.30. The Morgan fingerprint density at radius 1 is 1.25 bits per heavy atom. The van der Waals surface area contributed by atoms with E-state index in [-0.39, 0.29) is 12.2 Å². The summed E-state index contributed by atoms with van der Waals surface area (Å²) < 4.78 is 15.6. The summed E-state index contributed by atoms with van der Waals surface area (Å²) in [5.41, 5.74) is -0.455. The van der Waals surface area contributed by atoms with Crippen LogP contribution in [-0.2, 0) is 19.0 Å². The summed E-state index contributed by atoms with van der Waals surface area (Å²) in [5.74, 6) is 0. The molecule has 0 aromatic heterocycles. The van der Waals surface area contributed by atoms with E-state index in [9.17, 15) is 9.59 Å². The number of rotatable bonds is 6. The van der Waals surface area contributed by atoms with Gasteiger partial charge in [-0.1, -0.05) is 0 Å². The molecule has 1 saturated heterocycles. The molecule has 1 aliphatic heterocycles. The summed E-state index contributed by atoms with van der Waals surface area (Å²) >= 11 is 0. The molecule has 0 unspecified atom stereocenters. The molecular formula is C14H25NO5. The van der Waals surface area contributed by atoms with E-state index in [0.717, 1.165) is 12.8 Å². The van der Waals surface area contributed by atoms with Crippen molar-refractivity contribution in [2.45, 2.75) is 51.7 Å². The lowest BCUT2D eigenvalue weighted by Crippen LogP contribution is -2.43. The first kappa shape index (κ1) is 16.8. The van der Waals surface area contributed by atoms with E-state index in [0.29, 0.717) is 39.2 Å². The maximum absolute atomic E-state index is 11.9. The molecule has 116 valence electrons. The van der Waals surface area contributed by atoms with Gasteiger partial charge in [-0.2, -0.15) is 0 Å². The molecule has 0 bridgehead atoms. The maximum Gasteiger partial charge on any atom is 0.410 e. The molecule has 1 aliphatic rings. The predicted molar refractivity (Wildman–Crippen MR) is 73.4 cm³/mol. The minimum Gasteiger partial charge on any atom is -0.468 e. The van der Waals surface area contributed by atoms with Gasteiger partial charge in [0.15, 0.2) is 0 Å². The van der Waals surface area contributed by atoms with Gasteiger partial charge < -0.3 is 19.1 Å². The van der Waals surface area contributed by atoms with Crippen LogP contribution in [0, 0.1) is 0 Å². The molecular weight excluding hydrogens is 262 g/mol. The van der Waals surface area contributed by atoms with Crippen LogP contribution >= 0.6 is 0 Å². The van der Waals surface area contributed by atoms with Crippen molar-refractivity contribution < 1.29 is 23.8 Å². The summed E-state index contributed by atoms with van der Waals surface area (Å²) in [6.45, 7) is 8.31. The number of ether oxygens (including phenoxy) is 3. The Balaban J connectivity index is 2.16. The second-order valence-corrected chi connectivity index (χ2v) is 5.86. The van der Waals surface area contributed by atoms with E-state index < -0.39 is 5.60 Å². The van der Waals surface area contributed by atoms with E-state index >= 15 is 0 Å². The number of carbonyl (C=O) groups is 2. The van der Waals surface area contributed by atoms with E-state index in [4.69, 9.17) is 9.47 Å². The Kier molecular flexibility index (Phi) is 6.78. The van der Waals surface area contributed by atoms with Crippen LogP contribution < -0.4 is 0 Å². The van der Waals surface area contributed by atoms with Crippen molar-refractivity contribution in [1.82, 2.24) is 4.90 Å². The number of hydrogen-bond acceptors (Lipinski definition) is 5. The highest BCUT2D eigenvalue weighted by atomic mass is 16.6. The van der Waals surface area contributed by atoms with Crippen LogP contribution in [-0.4, -0.2) is 55.5 Å². The highest BCUT2D eigenvalue weighted by molar-refractivity contribution is 5.68. The largest absolute Gasteiger partial charge is 0.468 e. The summed E-state index contributed by atoms with van der Waals surface area (Å²) in [4.78, 5) is 23.5. The molecule has 0 N–H and O–H groups in total.